The van der Waals surface area contributed by atoms with Gasteiger partial charge < -0.3 is 5.32 Å². The van der Waals surface area contributed by atoms with Crippen molar-refractivity contribution in [3.8, 4) is 0 Å². The number of carbonyl (C=O) groups excluding carboxylic acids is 2. The van der Waals surface area contributed by atoms with Gasteiger partial charge in [-0.15, -0.1) is 0 Å². The summed E-state index contributed by atoms with van der Waals surface area (Å²) in [5.41, 5.74) is 1.74. The lowest BCUT2D eigenvalue weighted by Crippen LogP contribution is -2.12. The number of halogens is 3. The summed E-state index contributed by atoms with van der Waals surface area (Å²) in [6.07, 6.45) is 2.68. The third-order valence-electron chi connectivity index (χ3n) is 4.80. The number of carbonyl (C=O) groups is 2. The number of hydrogen-bond donors (Lipinski definition) is 1. The van der Waals surface area contributed by atoms with E-state index in [0.717, 1.165) is 11.6 Å². The van der Waals surface area contributed by atoms with Crippen molar-refractivity contribution in [1.82, 2.24) is 9.97 Å². The number of hydrogen-bond acceptors (Lipinski definition) is 4. The van der Waals surface area contributed by atoms with Crippen LogP contribution in [0.4, 0.5) is 18.9 Å². The first-order valence-corrected chi connectivity index (χ1v) is 9.68. The Labute approximate surface area is 183 Å². The minimum atomic E-state index is -4.48. The van der Waals surface area contributed by atoms with Crippen LogP contribution < -0.4 is 5.32 Å². The molecule has 0 bridgehead atoms. The van der Waals surface area contributed by atoms with E-state index in [2.05, 4.69) is 15.3 Å². The van der Waals surface area contributed by atoms with E-state index in [4.69, 9.17) is 0 Å². The fraction of sp³-hybridized carbons (Fsp3) is 0.167. The van der Waals surface area contributed by atoms with Gasteiger partial charge >= 0.3 is 6.18 Å². The summed E-state index contributed by atoms with van der Waals surface area (Å²) in [6.45, 7) is 3.15. The highest BCUT2D eigenvalue weighted by atomic mass is 19.4. The van der Waals surface area contributed by atoms with Crippen LogP contribution in [0.5, 0.6) is 0 Å². The first-order chi connectivity index (χ1) is 15.1. The zero-order valence-electron chi connectivity index (χ0n) is 17.4. The third-order valence-corrected chi connectivity index (χ3v) is 4.80. The number of rotatable bonds is 6. The molecule has 0 unspecified atom stereocenters. The van der Waals surface area contributed by atoms with Gasteiger partial charge in [0.05, 0.1) is 5.56 Å². The highest BCUT2D eigenvalue weighted by Gasteiger charge is 2.32. The molecule has 2 aromatic carbocycles. The fourth-order valence-corrected chi connectivity index (χ4v) is 3.05. The van der Waals surface area contributed by atoms with Crippen molar-refractivity contribution in [2.75, 3.05) is 5.32 Å². The van der Waals surface area contributed by atoms with Crippen LogP contribution in [0.1, 0.15) is 38.2 Å². The maximum atomic E-state index is 13.1. The van der Waals surface area contributed by atoms with Gasteiger partial charge in [0, 0.05) is 41.7 Å². The average Bonchev–Trinajstić information content (AvgIpc) is 2.75. The van der Waals surface area contributed by atoms with Crippen LogP contribution in [0.15, 0.2) is 61.2 Å². The normalized spacial score (nSPS) is 11.5. The zero-order chi connectivity index (χ0) is 23.3. The van der Waals surface area contributed by atoms with Gasteiger partial charge in [-0.3, -0.25) is 9.59 Å². The topological polar surface area (TPSA) is 72.0 Å². The molecule has 3 aromatic rings. The van der Waals surface area contributed by atoms with E-state index in [1.165, 1.54) is 37.5 Å². The lowest BCUT2D eigenvalue weighted by atomic mass is 9.98. The Morgan fingerprint density at radius 1 is 1.00 bits per heavy atom. The second-order valence-corrected chi connectivity index (χ2v) is 7.27. The molecule has 0 atom stereocenters. The molecule has 0 spiro atoms. The Morgan fingerprint density at radius 3 is 2.38 bits per heavy atom. The Balaban J connectivity index is 1.74. The van der Waals surface area contributed by atoms with Crippen molar-refractivity contribution >= 4 is 23.5 Å². The minimum absolute atomic E-state index is 0.101. The first kappa shape index (κ1) is 22.9. The molecule has 1 amide bonds. The summed E-state index contributed by atoms with van der Waals surface area (Å²) in [7, 11) is 0. The summed E-state index contributed by atoms with van der Waals surface area (Å²) in [5, 5.41) is 2.71. The van der Waals surface area contributed by atoms with E-state index in [1.807, 2.05) is 0 Å². The first-order valence-electron chi connectivity index (χ1n) is 9.68. The molecule has 0 aliphatic rings. The van der Waals surface area contributed by atoms with Gasteiger partial charge in [-0.1, -0.05) is 24.3 Å². The van der Waals surface area contributed by atoms with Crippen molar-refractivity contribution in [1.29, 1.82) is 0 Å². The van der Waals surface area contributed by atoms with Crippen molar-refractivity contribution in [3.63, 3.8) is 0 Å². The molecule has 1 N–H and O–H groups in total. The standard InChI is InChI=1S/C24H20F3N3O2/c1-15-3-5-17(9-20(15)24(25,26)27)10-22(31)19-7-4-16(2)21(11-19)30-23(32)8-6-18-12-28-14-29-13-18/h3-9,11-14H,10H2,1-2H3,(H,30,32)/b8-6+. The van der Waals surface area contributed by atoms with E-state index in [9.17, 15) is 22.8 Å². The quantitative estimate of drug-likeness (QED) is 0.424. The van der Waals surface area contributed by atoms with Gasteiger partial charge in [-0.05, 0) is 48.7 Å². The predicted octanol–water partition coefficient (Wildman–Crippen LogP) is 5.19. The number of anilines is 1. The van der Waals surface area contributed by atoms with Gasteiger partial charge in [0.1, 0.15) is 6.33 Å². The number of amides is 1. The Hall–Kier alpha value is -3.81. The second-order valence-electron chi connectivity index (χ2n) is 7.27. The molecule has 1 aromatic heterocycles. The molecule has 3 rings (SSSR count). The fourth-order valence-electron chi connectivity index (χ4n) is 3.05. The maximum Gasteiger partial charge on any atom is 0.416 e. The van der Waals surface area contributed by atoms with Crippen LogP contribution in [0, 0.1) is 13.8 Å². The van der Waals surface area contributed by atoms with Gasteiger partial charge in [0.2, 0.25) is 5.91 Å². The Morgan fingerprint density at radius 2 is 1.69 bits per heavy atom. The highest BCUT2D eigenvalue weighted by molar-refractivity contribution is 6.04. The van der Waals surface area contributed by atoms with Crippen LogP contribution in [0.2, 0.25) is 0 Å². The van der Waals surface area contributed by atoms with Gasteiger partial charge in [0.15, 0.2) is 5.78 Å². The molecule has 0 aliphatic heterocycles. The molecule has 32 heavy (non-hydrogen) atoms. The molecule has 0 aliphatic carbocycles. The number of aryl methyl sites for hydroxylation is 2. The minimum Gasteiger partial charge on any atom is -0.322 e. The van der Waals surface area contributed by atoms with E-state index < -0.39 is 17.6 Å². The zero-order valence-corrected chi connectivity index (χ0v) is 17.4. The number of nitrogens with one attached hydrogen (secondary N) is 1. The highest BCUT2D eigenvalue weighted by Crippen LogP contribution is 2.32. The van der Waals surface area contributed by atoms with Crippen LogP contribution >= 0.6 is 0 Å². The van der Waals surface area contributed by atoms with E-state index in [-0.39, 0.29) is 23.3 Å². The molecule has 164 valence electrons. The average molecular weight is 439 g/mol. The smallest absolute Gasteiger partial charge is 0.322 e. The molecule has 1 heterocycles. The number of Topliss-reactive ketones (excluding diaryl/α,β-unsaturated/α-hetero) is 1. The molecular weight excluding hydrogens is 419 g/mol. The number of ketones is 1. The van der Waals surface area contributed by atoms with E-state index in [0.29, 0.717) is 16.8 Å². The predicted molar refractivity (Wildman–Crippen MR) is 115 cm³/mol. The third kappa shape index (κ3) is 5.87. The summed E-state index contributed by atoms with van der Waals surface area (Å²) >= 11 is 0. The van der Waals surface area contributed by atoms with Crippen molar-refractivity contribution in [3.05, 3.63) is 94.6 Å². The van der Waals surface area contributed by atoms with Crippen molar-refractivity contribution in [2.24, 2.45) is 0 Å². The summed E-state index contributed by atoms with van der Waals surface area (Å²) in [5.74, 6) is -0.760. The van der Waals surface area contributed by atoms with Crippen molar-refractivity contribution < 1.29 is 22.8 Å². The number of benzene rings is 2. The molecule has 0 saturated heterocycles. The van der Waals surface area contributed by atoms with Crippen LogP contribution in [-0.4, -0.2) is 21.7 Å². The Kier molecular flexibility index (Phi) is 6.82. The lowest BCUT2D eigenvalue weighted by molar-refractivity contribution is -0.138. The lowest BCUT2D eigenvalue weighted by Gasteiger charge is -2.12. The number of nitrogens with zero attached hydrogens (tertiary/aromatic N) is 2. The molecular formula is C24H20F3N3O2. The van der Waals surface area contributed by atoms with Crippen LogP contribution in [-0.2, 0) is 17.4 Å². The summed E-state index contributed by atoms with van der Waals surface area (Å²) < 4.78 is 39.4. The van der Waals surface area contributed by atoms with Crippen LogP contribution in [0.3, 0.4) is 0 Å². The van der Waals surface area contributed by atoms with Crippen molar-refractivity contribution in [2.45, 2.75) is 26.4 Å². The number of aromatic nitrogens is 2. The molecule has 0 radical (unpaired) electrons. The molecule has 0 fully saturated rings. The molecule has 0 saturated carbocycles. The van der Waals surface area contributed by atoms with E-state index >= 15 is 0 Å². The van der Waals surface area contributed by atoms with Crippen LogP contribution in [0.25, 0.3) is 6.08 Å². The van der Waals surface area contributed by atoms with E-state index in [1.54, 1.807) is 37.5 Å². The summed E-state index contributed by atoms with van der Waals surface area (Å²) in [6, 6.07) is 8.65. The largest absolute Gasteiger partial charge is 0.416 e. The SMILES string of the molecule is Cc1ccc(C(=O)Cc2ccc(C)c(C(F)(F)F)c2)cc1NC(=O)/C=C/c1cncnc1. The monoisotopic (exact) mass is 439 g/mol. The second kappa shape index (κ2) is 9.55. The summed E-state index contributed by atoms with van der Waals surface area (Å²) in [4.78, 5) is 32.7. The maximum absolute atomic E-state index is 13.1. The van der Waals surface area contributed by atoms with Gasteiger partial charge in [-0.25, -0.2) is 9.97 Å². The Bertz CT molecular complexity index is 1170. The van der Waals surface area contributed by atoms with Gasteiger partial charge in [0.25, 0.3) is 0 Å². The molecule has 8 heteroatoms. The molecule has 5 nitrogen and oxygen atoms in total. The van der Waals surface area contributed by atoms with Gasteiger partial charge in [-0.2, -0.15) is 13.2 Å². The number of alkyl halides is 3.